The van der Waals surface area contributed by atoms with Crippen molar-refractivity contribution in [2.75, 3.05) is 19.0 Å². The van der Waals surface area contributed by atoms with E-state index in [1.807, 2.05) is 6.92 Å². The van der Waals surface area contributed by atoms with Crippen LogP contribution in [0.15, 0.2) is 36.4 Å². The van der Waals surface area contributed by atoms with E-state index in [4.69, 9.17) is 21.1 Å². The minimum Gasteiger partial charge on any atom is -0.496 e. The summed E-state index contributed by atoms with van der Waals surface area (Å²) in [7, 11) is 1.44. The van der Waals surface area contributed by atoms with Gasteiger partial charge in [-0.25, -0.2) is 9.18 Å². The van der Waals surface area contributed by atoms with Gasteiger partial charge in [0.15, 0.2) is 6.61 Å². The Morgan fingerprint density at radius 3 is 2.62 bits per heavy atom. The molecule has 24 heavy (non-hydrogen) atoms. The number of rotatable bonds is 5. The Hall–Kier alpha value is -2.60. The van der Waals surface area contributed by atoms with Gasteiger partial charge in [0.1, 0.15) is 17.1 Å². The highest BCUT2D eigenvalue weighted by Crippen LogP contribution is 2.21. The van der Waals surface area contributed by atoms with E-state index >= 15 is 0 Å². The first kappa shape index (κ1) is 17.7. The number of carbonyl (C=O) groups is 2. The second-order valence-corrected chi connectivity index (χ2v) is 5.36. The minimum atomic E-state index is -0.678. The fourth-order valence-corrected chi connectivity index (χ4v) is 2.14. The molecule has 0 heterocycles. The number of amides is 1. The molecule has 0 bridgehead atoms. The van der Waals surface area contributed by atoms with Crippen LogP contribution < -0.4 is 10.1 Å². The van der Waals surface area contributed by atoms with E-state index in [1.165, 1.54) is 19.2 Å². The summed E-state index contributed by atoms with van der Waals surface area (Å²) in [6, 6.07) is 8.79. The highest BCUT2D eigenvalue weighted by Gasteiger charge is 2.16. The Morgan fingerprint density at radius 2 is 1.96 bits per heavy atom. The van der Waals surface area contributed by atoms with Crippen molar-refractivity contribution in [1.29, 1.82) is 0 Å². The summed E-state index contributed by atoms with van der Waals surface area (Å²) >= 11 is 5.63. The first-order chi connectivity index (χ1) is 11.4. The highest BCUT2D eigenvalue weighted by molar-refractivity contribution is 6.31. The summed E-state index contributed by atoms with van der Waals surface area (Å²) in [4.78, 5) is 23.9. The molecule has 7 heteroatoms. The van der Waals surface area contributed by atoms with Gasteiger partial charge in [0, 0.05) is 5.69 Å². The Morgan fingerprint density at radius 1 is 1.21 bits per heavy atom. The molecule has 1 amide bonds. The maximum absolute atomic E-state index is 13.1. The lowest BCUT2D eigenvalue weighted by Crippen LogP contribution is -2.21. The molecule has 2 aromatic carbocycles. The smallest absolute Gasteiger partial charge is 0.342 e. The van der Waals surface area contributed by atoms with Gasteiger partial charge in [-0.15, -0.1) is 0 Å². The molecule has 2 rings (SSSR count). The summed E-state index contributed by atoms with van der Waals surface area (Å²) in [5.74, 6) is -1.48. The highest BCUT2D eigenvalue weighted by atomic mass is 35.5. The van der Waals surface area contributed by atoms with Crippen molar-refractivity contribution in [1.82, 2.24) is 0 Å². The van der Waals surface area contributed by atoms with Crippen LogP contribution in [0, 0.1) is 12.7 Å². The number of benzene rings is 2. The SMILES string of the molecule is COc1ccc(C)cc1C(=O)OCC(=O)Nc1ccc(F)c(Cl)c1. The third kappa shape index (κ3) is 4.45. The molecule has 1 N–H and O–H groups in total. The van der Waals surface area contributed by atoms with E-state index < -0.39 is 24.3 Å². The van der Waals surface area contributed by atoms with Crippen LogP contribution in [0.3, 0.4) is 0 Å². The van der Waals surface area contributed by atoms with Crippen molar-refractivity contribution in [3.8, 4) is 5.75 Å². The molecule has 0 radical (unpaired) electrons. The summed E-state index contributed by atoms with van der Waals surface area (Å²) < 4.78 is 23.1. The van der Waals surface area contributed by atoms with Gasteiger partial charge in [-0.2, -0.15) is 0 Å². The van der Waals surface area contributed by atoms with Gasteiger partial charge < -0.3 is 14.8 Å². The van der Waals surface area contributed by atoms with Crippen LogP contribution >= 0.6 is 11.6 Å². The normalized spacial score (nSPS) is 10.2. The van der Waals surface area contributed by atoms with Gasteiger partial charge in [-0.3, -0.25) is 4.79 Å². The third-order valence-corrected chi connectivity index (χ3v) is 3.40. The number of methoxy groups -OCH3 is 1. The van der Waals surface area contributed by atoms with Crippen LogP contribution in [-0.4, -0.2) is 25.6 Å². The van der Waals surface area contributed by atoms with E-state index in [0.717, 1.165) is 11.6 Å². The van der Waals surface area contributed by atoms with Crippen molar-refractivity contribution >= 4 is 29.2 Å². The second-order valence-electron chi connectivity index (χ2n) is 4.96. The first-order valence-corrected chi connectivity index (χ1v) is 7.35. The zero-order chi connectivity index (χ0) is 17.7. The molecule has 0 saturated heterocycles. The zero-order valence-corrected chi connectivity index (χ0v) is 13.8. The molecule has 0 saturated carbocycles. The van der Waals surface area contributed by atoms with Gasteiger partial charge in [0.25, 0.3) is 5.91 Å². The average Bonchev–Trinajstić information content (AvgIpc) is 2.56. The third-order valence-electron chi connectivity index (χ3n) is 3.11. The summed E-state index contributed by atoms with van der Waals surface area (Å²) in [6.07, 6.45) is 0. The lowest BCUT2D eigenvalue weighted by molar-refractivity contribution is -0.119. The molecule has 126 valence electrons. The van der Waals surface area contributed by atoms with Crippen molar-refractivity contribution < 1.29 is 23.5 Å². The van der Waals surface area contributed by atoms with E-state index in [-0.39, 0.29) is 10.6 Å². The Bertz CT molecular complexity index is 779. The summed E-state index contributed by atoms with van der Waals surface area (Å²) in [5.41, 5.74) is 1.39. The lowest BCUT2D eigenvalue weighted by Gasteiger charge is -2.10. The number of hydrogen-bond donors (Lipinski definition) is 1. The average molecular weight is 352 g/mol. The van der Waals surface area contributed by atoms with Crippen LogP contribution in [0.1, 0.15) is 15.9 Å². The number of ether oxygens (including phenoxy) is 2. The van der Waals surface area contributed by atoms with E-state index in [1.54, 1.807) is 18.2 Å². The standard InChI is InChI=1S/C17H15ClFNO4/c1-10-3-6-15(23-2)12(7-10)17(22)24-9-16(21)20-11-4-5-14(19)13(18)8-11/h3-8H,9H2,1-2H3,(H,20,21). The molecule has 0 spiro atoms. The molecular formula is C17H15ClFNO4. The number of carbonyl (C=O) groups excluding carboxylic acids is 2. The number of nitrogens with one attached hydrogen (secondary N) is 1. The molecule has 0 atom stereocenters. The second kappa shape index (κ2) is 7.79. The van der Waals surface area contributed by atoms with Gasteiger partial charge in [-0.1, -0.05) is 23.2 Å². The van der Waals surface area contributed by atoms with Crippen LogP contribution in [0.2, 0.25) is 5.02 Å². The topological polar surface area (TPSA) is 64.6 Å². The van der Waals surface area contributed by atoms with Gasteiger partial charge in [0.2, 0.25) is 0 Å². The number of esters is 1. The molecule has 0 aliphatic heterocycles. The van der Waals surface area contributed by atoms with Gasteiger partial charge >= 0.3 is 5.97 Å². The molecule has 0 aliphatic carbocycles. The monoisotopic (exact) mass is 351 g/mol. The molecular weight excluding hydrogens is 337 g/mol. The Kier molecular flexibility index (Phi) is 5.76. The maximum atomic E-state index is 13.1. The zero-order valence-electron chi connectivity index (χ0n) is 13.1. The quantitative estimate of drug-likeness (QED) is 0.836. The fraction of sp³-hybridized carbons (Fsp3) is 0.176. The van der Waals surface area contributed by atoms with Crippen LogP contribution in [0.25, 0.3) is 0 Å². The molecule has 0 fully saturated rings. The number of aryl methyl sites for hydroxylation is 1. The number of anilines is 1. The molecule has 0 unspecified atom stereocenters. The first-order valence-electron chi connectivity index (χ1n) is 6.97. The number of hydrogen-bond acceptors (Lipinski definition) is 4. The summed E-state index contributed by atoms with van der Waals surface area (Å²) in [6.45, 7) is 1.33. The predicted molar refractivity (Wildman–Crippen MR) is 88.1 cm³/mol. The van der Waals surface area contributed by atoms with E-state index in [0.29, 0.717) is 11.4 Å². The lowest BCUT2D eigenvalue weighted by atomic mass is 10.1. The van der Waals surface area contributed by atoms with Crippen LogP contribution in [0.4, 0.5) is 10.1 Å². The molecule has 0 aliphatic rings. The van der Waals surface area contributed by atoms with Crippen molar-refractivity contribution in [3.63, 3.8) is 0 Å². The van der Waals surface area contributed by atoms with Crippen molar-refractivity contribution in [3.05, 3.63) is 58.4 Å². The minimum absolute atomic E-state index is 0.116. The molecule has 0 aromatic heterocycles. The Balaban J connectivity index is 1.97. The largest absolute Gasteiger partial charge is 0.496 e. The van der Waals surface area contributed by atoms with Crippen molar-refractivity contribution in [2.24, 2.45) is 0 Å². The predicted octanol–water partition coefficient (Wildman–Crippen LogP) is 3.59. The van der Waals surface area contributed by atoms with Crippen LogP contribution in [0.5, 0.6) is 5.75 Å². The maximum Gasteiger partial charge on any atom is 0.342 e. The van der Waals surface area contributed by atoms with Crippen molar-refractivity contribution in [2.45, 2.75) is 6.92 Å². The molecule has 2 aromatic rings. The van der Waals surface area contributed by atoms with Gasteiger partial charge in [-0.05, 0) is 37.3 Å². The van der Waals surface area contributed by atoms with Crippen LogP contribution in [-0.2, 0) is 9.53 Å². The molecule has 5 nitrogen and oxygen atoms in total. The Labute approximate surface area is 143 Å². The fourth-order valence-electron chi connectivity index (χ4n) is 1.96. The van der Waals surface area contributed by atoms with E-state index in [9.17, 15) is 14.0 Å². The van der Waals surface area contributed by atoms with Gasteiger partial charge in [0.05, 0.1) is 12.1 Å². The number of halogens is 2. The van der Waals surface area contributed by atoms with E-state index in [2.05, 4.69) is 5.32 Å². The summed E-state index contributed by atoms with van der Waals surface area (Å²) in [5, 5.41) is 2.34.